The van der Waals surface area contributed by atoms with E-state index in [2.05, 4.69) is 10.6 Å². The molecule has 5 nitrogen and oxygen atoms in total. The summed E-state index contributed by atoms with van der Waals surface area (Å²) in [5, 5.41) is 5.71. The van der Waals surface area contributed by atoms with Crippen LogP contribution in [0, 0.1) is 5.92 Å². The maximum Gasteiger partial charge on any atom is 0.241 e. The van der Waals surface area contributed by atoms with Gasteiger partial charge in [-0.1, -0.05) is 6.42 Å². The molecule has 1 heterocycles. The fourth-order valence-corrected chi connectivity index (χ4v) is 2.32. The number of likely N-dealkylation sites (N-methyl/N-ethyl adjacent to an activating group) is 1. The Labute approximate surface area is 102 Å². The van der Waals surface area contributed by atoms with E-state index >= 15 is 0 Å². The molecule has 0 aromatic heterocycles. The van der Waals surface area contributed by atoms with Crippen molar-refractivity contribution in [3.63, 3.8) is 0 Å². The number of hydrogen-bond donors (Lipinski definition) is 2. The normalized spacial score (nSPS) is 25.0. The molecule has 1 aliphatic carbocycles. The quantitative estimate of drug-likeness (QED) is 0.709. The predicted molar refractivity (Wildman–Crippen MR) is 64.4 cm³/mol. The van der Waals surface area contributed by atoms with Gasteiger partial charge in [0.2, 0.25) is 11.8 Å². The Bertz CT molecular complexity index is 292. The van der Waals surface area contributed by atoms with Crippen molar-refractivity contribution in [3.05, 3.63) is 0 Å². The van der Waals surface area contributed by atoms with E-state index in [9.17, 15) is 9.59 Å². The summed E-state index contributed by atoms with van der Waals surface area (Å²) in [4.78, 5) is 25.1. The summed E-state index contributed by atoms with van der Waals surface area (Å²) in [5.74, 6) is 0.785. The van der Waals surface area contributed by atoms with Crippen LogP contribution in [-0.4, -0.2) is 48.9 Å². The summed E-state index contributed by atoms with van der Waals surface area (Å²) >= 11 is 0. The molecule has 1 saturated carbocycles. The highest BCUT2D eigenvalue weighted by atomic mass is 16.2. The highest BCUT2D eigenvalue weighted by molar-refractivity contribution is 5.86. The molecular weight excluding hydrogens is 218 g/mol. The van der Waals surface area contributed by atoms with Crippen LogP contribution in [0.4, 0.5) is 0 Å². The number of amides is 2. The zero-order valence-corrected chi connectivity index (χ0v) is 10.4. The van der Waals surface area contributed by atoms with Crippen LogP contribution in [0.15, 0.2) is 0 Å². The van der Waals surface area contributed by atoms with Crippen LogP contribution in [0.2, 0.25) is 0 Å². The van der Waals surface area contributed by atoms with Gasteiger partial charge < -0.3 is 10.2 Å². The topological polar surface area (TPSA) is 61.4 Å². The summed E-state index contributed by atoms with van der Waals surface area (Å²) in [6.07, 6.45) is 3.80. The third-order valence-corrected chi connectivity index (χ3v) is 3.71. The van der Waals surface area contributed by atoms with Crippen molar-refractivity contribution in [2.75, 3.05) is 26.2 Å². The monoisotopic (exact) mass is 239 g/mol. The summed E-state index contributed by atoms with van der Waals surface area (Å²) in [5.41, 5.74) is 0. The molecular formula is C12H21N3O2. The molecule has 2 amide bonds. The molecule has 5 heteroatoms. The smallest absolute Gasteiger partial charge is 0.241 e. The van der Waals surface area contributed by atoms with Crippen LogP contribution < -0.4 is 10.6 Å². The zero-order chi connectivity index (χ0) is 12.3. The standard InChI is InChI=1S/C12H21N3O2/c1-2-15(8-9-4-3-5-9)12(17)10-6-14-11(16)7-13-10/h9-10,13H,2-8H2,1H3,(H,14,16). The molecule has 1 atom stereocenters. The van der Waals surface area contributed by atoms with E-state index in [-0.39, 0.29) is 24.4 Å². The minimum atomic E-state index is -0.243. The Morgan fingerprint density at radius 3 is 2.71 bits per heavy atom. The molecule has 2 N–H and O–H groups in total. The molecule has 17 heavy (non-hydrogen) atoms. The number of rotatable bonds is 4. The van der Waals surface area contributed by atoms with E-state index in [1.54, 1.807) is 0 Å². The van der Waals surface area contributed by atoms with Crippen LogP contribution >= 0.6 is 0 Å². The van der Waals surface area contributed by atoms with E-state index in [1.165, 1.54) is 19.3 Å². The lowest BCUT2D eigenvalue weighted by Crippen LogP contribution is -2.59. The molecule has 0 radical (unpaired) electrons. The van der Waals surface area contributed by atoms with Gasteiger partial charge in [0, 0.05) is 19.6 Å². The second-order valence-corrected chi connectivity index (χ2v) is 4.91. The van der Waals surface area contributed by atoms with Crippen molar-refractivity contribution in [1.29, 1.82) is 0 Å². The van der Waals surface area contributed by atoms with E-state index in [4.69, 9.17) is 0 Å². The number of carbonyl (C=O) groups excluding carboxylic acids is 2. The number of piperazine rings is 1. The number of nitrogens with one attached hydrogen (secondary N) is 2. The van der Waals surface area contributed by atoms with Crippen molar-refractivity contribution in [3.8, 4) is 0 Å². The Morgan fingerprint density at radius 1 is 1.47 bits per heavy atom. The fraction of sp³-hybridized carbons (Fsp3) is 0.833. The highest BCUT2D eigenvalue weighted by Gasteiger charge is 2.29. The molecule has 2 aliphatic rings. The van der Waals surface area contributed by atoms with Crippen LogP contribution in [0.25, 0.3) is 0 Å². The molecule has 1 aliphatic heterocycles. The van der Waals surface area contributed by atoms with Gasteiger partial charge in [0.15, 0.2) is 0 Å². The van der Waals surface area contributed by atoms with Crippen molar-refractivity contribution >= 4 is 11.8 Å². The van der Waals surface area contributed by atoms with E-state index in [0.29, 0.717) is 12.5 Å². The first-order valence-electron chi connectivity index (χ1n) is 6.49. The fourth-order valence-electron chi connectivity index (χ4n) is 2.32. The van der Waals surface area contributed by atoms with Crippen molar-refractivity contribution < 1.29 is 9.59 Å². The Balaban J connectivity index is 1.84. The van der Waals surface area contributed by atoms with Crippen LogP contribution in [-0.2, 0) is 9.59 Å². The lowest BCUT2D eigenvalue weighted by Gasteiger charge is -2.34. The maximum atomic E-state index is 12.2. The largest absolute Gasteiger partial charge is 0.353 e. The van der Waals surface area contributed by atoms with Crippen LogP contribution in [0.5, 0.6) is 0 Å². The third kappa shape index (κ3) is 2.97. The van der Waals surface area contributed by atoms with Crippen LogP contribution in [0.3, 0.4) is 0 Å². The van der Waals surface area contributed by atoms with E-state index in [1.807, 2.05) is 11.8 Å². The highest BCUT2D eigenvalue weighted by Crippen LogP contribution is 2.27. The average Bonchev–Trinajstić information content (AvgIpc) is 2.28. The molecule has 0 aromatic carbocycles. The zero-order valence-electron chi connectivity index (χ0n) is 10.4. The van der Waals surface area contributed by atoms with Gasteiger partial charge in [0.25, 0.3) is 0 Å². The summed E-state index contributed by atoms with van der Waals surface area (Å²) in [6, 6.07) is -0.243. The Morgan fingerprint density at radius 2 is 2.24 bits per heavy atom. The molecule has 0 spiro atoms. The lowest BCUT2D eigenvalue weighted by atomic mass is 9.85. The van der Waals surface area contributed by atoms with E-state index in [0.717, 1.165) is 13.1 Å². The first kappa shape index (κ1) is 12.4. The van der Waals surface area contributed by atoms with Gasteiger partial charge in [-0.25, -0.2) is 0 Å². The second-order valence-electron chi connectivity index (χ2n) is 4.91. The molecule has 0 aromatic rings. The van der Waals surface area contributed by atoms with Gasteiger partial charge in [-0.2, -0.15) is 0 Å². The first-order valence-corrected chi connectivity index (χ1v) is 6.49. The lowest BCUT2D eigenvalue weighted by molar-refractivity contribution is -0.135. The Kier molecular flexibility index (Phi) is 3.99. The summed E-state index contributed by atoms with van der Waals surface area (Å²) in [7, 11) is 0. The first-order chi connectivity index (χ1) is 8.20. The van der Waals surface area contributed by atoms with Gasteiger partial charge in [-0.3, -0.25) is 14.9 Å². The molecule has 1 unspecified atom stereocenters. The summed E-state index contributed by atoms with van der Waals surface area (Å²) in [6.45, 7) is 4.30. The third-order valence-electron chi connectivity index (χ3n) is 3.71. The minimum Gasteiger partial charge on any atom is -0.353 e. The summed E-state index contributed by atoms with van der Waals surface area (Å²) < 4.78 is 0. The van der Waals surface area contributed by atoms with Crippen molar-refractivity contribution in [2.45, 2.75) is 32.2 Å². The van der Waals surface area contributed by atoms with Crippen molar-refractivity contribution in [1.82, 2.24) is 15.5 Å². The van der Waals surface area contributed by atoms with Gasteiger partial charge in [-0.15, -0.1) is 0 Å². The van der Waals surface area contributed by atoms with Gasteiger partial charge >= 0.3 is 0 Å². The predicted octanol–water partition coefficient (Wildman–Crippen LogP) is -0.277. The molecule has 1 saturated heterocycles. The maximum absolute atomic E-state index is 12.2. The van der Waals surface area contributed by atoms with Crippen molar-refractivity contribution in [2.24, 2.45) is 5.92 Å². The number of carbonyl (C=O) groups is 2. The molecule has 2 fully saturated rings. The molecule has 96 valence electrons. The van der Waals surface area contributed by atoms with Gasteiger partial charge in [-0.05, 0) is 25.7 Å². The minimum absolute atomic E-state index is 0.0314. The second kappa shape index (κ2) is 5.49. The SMILES string of the molecule is CCN(CC1CCC1)C(=O)C1CNC(=O)CN1. The molecule has 2 rings (SSSR count). The van der Waals surface area contributed by atoms with E-state index < -0.39 is 0 Å². The van der Waals surface area contributed by atoms with Gasteiger partial charge in [0.05, 0.1) is 6.54 Å². The number of nitrogens with zero attached hydrogens (tertiary/aromatic N) is 1. The number of hydrogen-bond acceptors (Lipinski definition) is 3. The molecule has 0 bridgehead atoms. The average molecular weight is 239 g/mol. The van der Waals surface area contributed by atoms with Gasteiger partial charge in [0.1, 0.15) is 6.04 Å². The Hall–Kier alpha value is -1.10. The van der Waals surface area contributed by atoms with Crippen LogP contribution in [0.1, 0.15) is 26.2 Å².